The molecule has 0 amide bonds. The lowest BCUT2D eigenvalue weighted by Gasteiger charge is -2.18. The van der Waals surface area contributed by atoms with Crippen molar-refractivity contribution in [2.45, 2.75) is 37.4 Å². The first kappa shape index (κ1) is 14.6. The van der Waals surface area contributed by atoms with Crippen molar-refractivity contribution < 1.29 is 8.42 Å². The molecule has 23 heavy (non-hydrogen) atoms. The van der Waals surface area contributed by atoms with Gasteiger partial charge in [0.25, 0.3) is 10.0 Å². The Balaban J connectivity index is 1.56. The summed E-state index contributed by atoms with van der Waals surface area (Å²) in [6.07, 6.45) is 5.38. The molecule has 0 atom stereocenters. The van der Waals surface area contributed by atoms with Crippen molar-refractivity contribution in [3.05, 3.63) is 28.8 Å². The highest BCUT2D eigenvalue weighted by molar-refractivity contribution is 7.89. The lowest BCUT2D eigenvalue weighted by molar-refractivity contribution is 0.407. The maximum atomic E-state index is 12.5. The summed E-state index contributed by atoms with van der Waals surface area (Å²) in [7, 11) is -3.60. The van der Waals surface area contributed by atoms with E-state index in [1.165, 1.54) is 21.5 Å². The van der Waals surface area contributed by atoms with Gasteiger partial charge in [-0.15, -0.1) is 0 Å². The molecule has 1 fully saturated rings. The molecule has 1 aliphatic carbocycles. The Labute approximate surface area is 133 Å². The van der Waals surface area contributed by atoms with E-state index in [1.54, 1.807) is 4.57 Å². The summed E-state index contributed by atoms with van der Waals surface area (Å²) >= 11 is 0. The lowest BCUT2D eigenvalue weighted by atomic mass is 10.4. The Kier molecular flexibility index (Phi) is 3.38. The van der Waals surface area contributed by atoms with E-state index < -0.39 is 10.0 Å². The summed E-state index contributed by atoms with van der Waals surface area (Å²) in [5, 5.41) is 4.47. The predicted molar refractivity (Wildman–Crippen MR) is 80.3 cm³/mol. The number of fused-ring (bicyclic) bond motifs is 1. The summed E-state index contributed by atoms with van der Waals surface area (Å²) in [5.41, 5.74) is -0.132. The molecule has 0 bridgehead atoms. The molecular formula is C13H18N6O3S. The van der Waals surface area contributed by atoms with Gasteiger partial charge in [0.05, 0.1) is 12.5 Å². The standard InChI is InChI=1S/C13H18N6O3S/c20-13-18-6-5-17(23(21,22)12-7-14-9-15-12)4-3-11(18)16-19(13)8-10-1-2-10/h7,9-10H,1-6,8H2,(H,14,15). The number of nitrogens with zero attached hydrogens (tertiary/aromatic N) is 5. The van der Waals surface area contributed by atoms with Gasteiger partial charge in [0.2, 0.25) is 0 Å². The molecule has 1 saturated carbocycles. The molecule has 1 N–H and O–H groups in total. The fourth-order valence-corrected chi connectivity index (χ4v) is 4.20. The van der Waals surface area contributed by atoms with Crippen molar-refractivity contribution in [3.8, 4) is 0 Å². The number of hydrogen-bond donors (Lipinski definition) is 1. The van der Waals surface area contributed by atoms with Crippen LogP contribution in [0.2, 0.25) is 0 Å². The smallest absolute Gasteiger partial charge is 0.335 e. The Morgan fingerprint density at radius 3 is 2.78 bits per heavy atom. The van der Waals surface area contributed by atoms with E-state index in [9.17, 15) is 13.2 Å². The molecule has 1 aliphatic heterocycles. The second-order valence-electron chi connectivity index (χ2n) is 6.05. The average Bonchev–Trinajstić information content (AvgIpc) is 3.13. The van der Waals surface area contributed by atoms with Crippen molar-refractivity contribution in [1.29, 1.82) is 0 Å². The van der Waals surface area contributed by atoms with Crippen LogP contribution in [0.15, 0.2) is 22.3 Å². The van der Waals surface area contributed by atoms with Crippen LogP contribution in [0, 0.1) is 5.92 Å². The molecule has 0 spiro atoms. The third kappa shape index (κ3) is 2.61. The minimum atomic E-state index is -3.60. The van der Waals surface area contributed by atoms with Crippen molar-refractivity contribution in [2.24, 2.45) is 5.92 Å². The van der Waals surface area contributed by atoms with Crippen LogP contribution in [0.4, 0.5) is 0 Å². The molecule has 0 saturated heterocycles. The monoisotopic (exact) mass is 338 g/mol. The van der Waals surface area contributed by atoms with Crippen LogP contribution in [0.25, 0.3) is 0 Å². The SMILES string of the molecule is O=c1n(CC2CC2)nc2n1CCN(S(=O)(=O)c1cnc[nH]1)CC2. The topological polar surface area (TPSA) is 106 Å². The van der Waals surface area contributed by atoms with Gasteiger partial charge in [-0.25, -0.2) is 22.9 Å². The van der Waals surface area contributed by atoms with E-state index in [-0.39, 0.29) is 17.3 Å². The van der Waals surface area contributed by atoms with Crippen LogP contribution in [0.1, 0.15) is 18.7 Å². The quantitative estimate of drug-likeness (QED) is 0.803. The van der Waals surface area contributed by atoms with Crippen molar-refractivity contribution in [3.63, 3.8) is 0 Å². The number of rotatable bonds is 4. The molecule has 2 aromatic rings. The molecule has 0 aromatic carbocycles. The Hall–Kier alpha value is -1.94. The highest BCUT2D eigenvalue weighted by Crippen LogP contribution is 2.29. The number of hydrogen-bond acceptors (Lipinski definition) is 5. The summed E-state index contributed by atoms with van der Waals surface area (Å²) < 4.78 is 29.6. The third-order valence-electron chi connectivity index (χ3n) is 4.38. The highest BCUT2D eigenvalue weighted by Gasteiger charge is 2.30. The number of sulfonamides is 1. The third-order valence-corrected chi connectivity index (χ3v) is 6.20. The number of aromatic nitrogens is 5. The zero-order valence-electron chi connectivity index (χ0n) is 12.6. The van der Waals surface area contributed by atoms with Gasteiger partial charge in [-0.1, -0.05) is 0 Å². The predicted octanol–water partition coefficient (Wildman–Crippen LogP) is -0.575. The molecule has 2 aliphatic rings. The number of H-pyrrole nitrogens is 1. The fraction of sp³-hybridized carbons (Fsp3) is 0.615. The normalized spacial score (nSPS) is 19.5. The summed E-state index contributed by atoms with van der Waals surface area (Å²) in [5.74, 6) is 1.24. The second kappa shape index (κ2) is 5.31. The molecule has 9 nitrogen and oxygen atoms in total. The van der Waals surface area contributed by atoms with Gasteiger partial charge in [-0.3, -0.25) is 4.57 Å². The second-order valence-corrected chi connectivity index (χ2v) is 7.95. The zero-order chi connectivity index (χ0) is 16.0. The van der Waals surface area contributed by atoms with Gasteiger partial charge in [0.1, 0.15) is 5.82 Å². The Morgan fingerprint density at radius 2 is 2.09 bits per heavy atom. The number of nitrogens with one attached hydrogen (secondary N) is 1. The van der Waals surface area contributed by atoms with Gasteiger partial charge in [0.15, 0.2) is 5.03 Å². The first-order valence-electron chi connectivity index (χ1n) is 7.71. The van der Waals surface area contributed by atoms with Gasteiger partial charge >= 0.3 is 5.69 Å². The van der Waals surface area contributed by atoms with Gasteiger partial charge in [-0.2, -0.15) is 9.40 Å². The molecule has 0 unspecified atom stereocenters. The van der Waals surface area contributed by atoms with Crippen molar-refractivity contribution in [1.82, 2.24) is 28.6 Å². The molecule has 3 heterocycles. The van der Waals surface area contributed by atoms with Crippen LogP contribution in [-0.2, 0) is 29.5 Å². The first-order chi connectivity index (χ1) is 11.1. The van der Waals surface area contributed by atoms with E-state index in [1.807, 2.05) is 0 Å². The molecule has 4 rings (SSSR count). The molecule has 124 valence electrons. The minimum absolute atomic E-state index is 0.0724. The van der Waals surface area contributed by atoms with E-state index >= 15 is 0 Å². The van der Waals surface area contributed by atoms with Gasteiger partial charge in [0, 0.05) is 32.6 Å². The lowest BCUT2D eigenvalue weighted by Crippen LogP contribution is -2.35. The van der Waals surface area contributed by atoms with Crippen LogP contribution in [-0.4, -0.2) is 50.1 Å². The average molecular weight is 338 g/mol. The van der Waals surface area contributed by atoms with Crippen LogP contribution in [0.5, 0.6) is 0 Å². The maximum Gasteiger partial charge on any atom is 0.345 e. The Morgan fingerprint density at radius 1 is 1.26 bits per heavy atom. The number of imidazole rings is 1. The van der Waals surface area contributed by atoms with E-state index in [0.717, 1.165) is 12.8 Å². The summed E-state index contributed by atoms with van der Waals surface area (Å²) in [4.78, 5) is 18.8. The molecular weight excluding hydrogens is 320 g/mol. The first-order valence-corrected chi connectivity index (χ1v) is 9.15. The molecule has 10 heteroatoms. The Bertz CT molecular complexity index is 862. The van der Waals surface area contributed by atoms with Crippen molar-refractivity contribution in [2.75, 3.05) is 13.1 Å². The zero-order valence-corrected chi connectivity index (χ0v) is 13.4. The number of aromatic amines is 1. The largest absolute Gasteiger partial charge is 0.345 e. The fourth-order valence-electron chi connectivity index (χ4n) is 2.87. The van der Waals surface area contributed by atoms with Gasteiger partial charge in [-0.05, 0) is 18.8 Å². The van der Waals surface area contributed by atoms with Gasteiger partial charge < -0.3 is 4.98 Å². The summed E-state index contributed by atoms with van der Waals surface area (Å²) in [6, 6.07) is 0. The van der Waals surface area contributed by atoms with E-state index in [4.69, 9.17) is 0 Å². The van der Waals surface area contributed by atoms with E-state index in [2.05, 4.69) is 15.1 Å². The van der Waals surface area contributed by atoms with E-state index in [0.29, 0.717) is 37.8 Å². The molecule has 0 radical (unpaired) electrons. The maximum absolute atomic E-state index is 12.5. The van der Waals surface area contributed by atoms with Crippen LogP contribution >= 0.6 is 0 Å². The van der Waals surface area contributed by atoms with Crippen molar-refractivity contribution >= 4 is 10.0 Å². The molecule has 2 aromatic heterocycles. The highest BCUT2D eigenvalue weighted by atomic mass is 32.2. The van der Waals surface area contributed by atoms with Crippen LogP contribution < -0.4 is 5.69 Å². The van der Waals surface area contributed by atoms with Crippen LogP contribution in [0.3, 0.4) is 0 Å². The minimum Gasteiger partial charge on any atom is -0.335 e. The summed E-state index contributed by atoms with van der Waals surface area (Å²) in [6.45, 7) is 1.56.